The maximum atomic E-state index is 4.08. The second-order valence-electron chi connectivity index (χ2n) is 12.0. The van der Waals surface area contributed by atoms with E-state index in [4.69, 9.17) is 0 Å². The van der Waals surface area contributed by atoms with E-state index in [-0.39, 0.29) is 5.41 Å². The van der Waals surface area contributed by atoms with E-state index in [0.29, 0.717) is 5.92 Å². The fourth-order valence-electron chi connectivity index (χ4n) is 5.50. The largest absolute Gasteiger partial charge is 0.389 e. The van der Waals surface area contributed by atoms with E-state index < -0.39 is 0 Å². The van der Waals surface area contributed by atoms with E-state index >= 15 is 0 Å². The molecule has 1 unspecified atom stereocenters. The lowest BCUT2D eigenvalue weighted by Gasteiger charge is -2.19. The fraction of sp³-hybridized carbons (Fsp3) is 0.268. The quantitative estimate of drug-likeness (QED) is 0.232. The first-order valence-corrected chi connectivity index (χ1v) is 15.3. The summed E-state index contributed by atoms with van der Waals surface area (Å²) in [5.41, 5.74) is 11.0. The van der Waals surface area contributed by atoms with Crippen molar-refractivity contribution in [2.24, 2.45) is 5.92 Å². The van der Waals surface area contributed by atoms with Crippen molar-refractivity contribution in [3.05, 3.63) is 137 Å². The van der Waals surface area contributed by atoms with Crippen LogP contribution in [0.15, 0.2) is 115 Å². The van der Waals surface area contributed by atoms with Gasteiger partial charge in [0.1, 0.15) is 0 Å². The molecule has 2 aliphatic rings. The lowest BCUT2D eigenvalue weighted by Crippen LogP contribution is -2.11. The topological polar surface area (TPSA) is 17.0 Å². The van der Waals surface area contributed by atoms with Crippen LogP contribution in [0.5, 0.6) is 0 Å². The molecule has 2 heteroatoms. The van der Waals surface area contributed by atoms with Crippen LogP contribution in [-0.2, 0) is 5.41 Å². The Bertz CT molecular complexity index is 1710. The number of allylic oxidation sites excluding steroid dienone is 11. The molecule has 2 aromatic carbocycles. The van der Waals surface area contributed by atoms with Gasteiger partial charge in [-0.2, -0.15) is 0 Å². The molecule has 5 rings (SSSR count). The summed E-state index contributed by atoms with van der Waals surface area (Å²) < 4.78 is 2.37. The van der Waals surface area contributed by atoms with Crippen LogP contribution in [-0.4, -0.2) is 11.6 Å². The Balaban J connectivity index is 0.000000319. The average Bonchev–Trinajstić information content (AvgIpc) is 3.53. The molecule has 0 saturated carbocycles. The third-order valence-corrected chi connectivity index (χ3v) is 7.91. The Morgan fingerprint density at radius 1 is 1.05 bits per heavy atom. The van der Waals surface area contributed by atoms with Gasteiger partial charge in [0.15, 0.2) is 0 Å². The van der Waals surface area contributed by atoms with Crippen molar-refractivity contribution in [3.63, 3.8) is 0 Å². The molecule has 1 N–H and O–H groups in total. The zero-order valence-corrected chi connectivity index (χ0v) is 27.0. The molecule has 1 heterocycles. The van der Waals surface area contributed by atoms with Crippen molar-refractivity contribution in [2.45, 2.75) is 59.8 Å². The van der Waals surface area contributed by atoms with Crippen LogP contribution < -0.4 is 5.32 Å². The lowest BCUT2D eigenvalue weighted by molar-refractivity contribution is 0.590. The highest BCUT2D eigenvalue weighted by molar-refractivity contribution is 5.95. The number of hydrogen-bond donors (Lipinski definition) is 1. The first kappa shape index (κ1) is 31.5. The summed E-state index contributed by atoms with van der Waals surface area (Å²) in [7, 11) is 1.90. The van der Waals surface area contributed by atoms with E-state index in [1.807, 2.05) is 14.0 Å². The summed E-state index contributed by atoms with van der Waals surface area (Å²) in [5, 5.41) is 4.38. The number of nitrogens with one attached hydrogen (secondary N) is 1. The van der Waals surface area contributed by atoms with Gasteiger partial charge in [-0.1, -0.05) is 112 Å². The molecule has 0 spiro atoms. The number of aromatic nitrogens is 1. The number of likely N-dealkylation sites (N-methyl/N-ethyl adjacent to an activating group) is 1. The summed E-state index contributed by atoms with van der Waals surface area (Å²) in [6, 6.07) is 15.7. The zero-order valence-electron chi connectivity index (χ0n) is 27.0. The number of nitrogens with zero attached hydrogens (tertiary/aromatic N) is 1. The Labute approximate surface area is 259 Å². The molecule has 2 nitrogen and oxygen atoms in total. The van der Waals surface area contributed by atoms with Crippen LogP contribution in [0.2, 0.25) is 0 Å². The van der Waals surface area contributed by atoms with Crippen LogP contribution in [0, 0.1) is 24.7 Å². The third kappa shape index (κ3) is 7.49. The van der Waals surface area contributed by atoms with Gasteiger partial charge in [-0.3, -0.25) is 0 Å². The normalized spacial score (nSPS) is 18.3. The van der Waals surface area contributed by atoms with E-state index in [0.717, 1.165) is 24.1 Å². The van der Waals surface area contributed by atoms with Gasteiger partial charge >= 0.3 is 0 Å². The minimum atomic E-state index is 0.143. The molecule has 0 aliphatic heterocycles. The standard InChI is InChI=1S/C30H36N2.C11H10/c1-9-11-23(19-21(3)31-8)24-13-18-29-28(20-24)27(12-10-2)22(4)32(29)26-16-14-25(15-17-26)30(5,6)7;1-2-4-7-11-9-5-8-10(11)6-3-1/h9-20,31H,3H2,1-2,4-8H3;1,3,5-6,8,11H,2,9H2/b11-9-,12-10-,23-19+;3-1-,10-6-. The predicted molar refractivity (Wildman–Crippen MR) is 189 cm³/mol. The molecule has 1 aromatic heterocycles. The molecule has 3 aromatic rings. The average molecular weight is 567 g/mol. The lowest BCUT2D eigenvalue weighted by atomic mass is 9.87. The molecule has 0 saturated heterocycles. The molecule has 0 bridgehead atoms. The Kier molecular flexibility index (Phi) is 10.3. The maximum absolute atomic E-state index is 4.08. The fourth-order valence-corrected chi connectivity index (χ4v) is 5.50. The molecule has 1 atom stereocenters. The monoisotopic (exact) mass is 566 g/mol. The van der Waals surface area contributed by atoms with Crippen molar-refractivity contribution in [3.8, 4) is 17.5 Å². The van der Waals surface area contributed by atoms with Crippen molar-refractivity contribution < 1.29 is 0 Å². The molecule has 2 aliphatic carbocycles. The SMILES string of the molecule is C1#CC2CC=C/C2=C/C=C\C1.C=C(/C=C(\C=C/C)c1ccc2c(c1)c(/C=C\C)c(C)n2-c1ccc(C(C)(C)C)cc1)NC. The van der Waals surface area contributed by atoms with Crippen LogP contribution in [0.25, 0.3) is 28.2 Å². The molecule has 0 amide bonds. The summed E-state index contributed by atoms with van der Waals surface area (Å²) in [6.07, 6.45) is 23.4. The van der Waals surface area contributed by atoms with E-state index in [1.54, 1.807) is 0 Å². The first-order chi connectivity index (χ1) is 20.7. The highest BCUT2D eigenvalue weighted by Gasteiger charge is 2.17. The number of fused-ring (bicyclic) bond motifs is 2. The van der Waals surface area contributed by atoms with E-state index in [1.165, 1.54) is 44.5 Å². The second kappa shape index (κ2) is 14.1. The summed E-state index contributed by atoms with van der Waals surface area (Å²) in [4.78, 5) is 0. The highest BCUT2D eigenvalue weighted by Crippen LogP contribution is 2.34. The van der Waals surface area contributed by atoms with Gasteiger partial charge < -0.3 is 9.88 Å². The molecular weight excluding hydrogens is 520 g/mol. The third-order valence-electron chi connectivity index (χ3n) is 7.91. The van der Waals surface area contributed by atoms with Gasteiger partial charge in [0.2, 0.25) is 0 Å². The van der Waals surface area contributed by atoms with Gasteiger partial charge in [0, 0.05) is 47.4 Å². The van der Waals surface area contributed by atoms with E-state index in [9.17, 15) is 0 Å². The minimum Gasteiger partial charge on any atom is -0.389 e. The number of hydrogen-bond acceptors (Lipinski definition) is 1. The van der Waals surface area contributed by atoms with E-state index in [2.05, 4.69) is 166 Å². The Morgan fingerprint density at radius 2 is 1.81 bits per heavy atom. The van der Waals surface area contributed by atoms with Gasteiger partial charge in [-0.05, 0) is 85.2 Å². The predicted octanol–water partition coefficient (Wildman–Crippen LogP) is 10.4. The molecular formula is C41H46N2. The minimum absolute atomic E-state index is 0.143. The molecule has 220 valence electrons. The van der Waals surface area contributed by atoms with Gasteiger partial charge in [-0.15, -0.1) is 0 Å². The smallest absolute Gasteiger partial charge is 0.0538 e. The van der Waals surface area contributed by atoms with Crippen LogP contribution >= 0.6 is 0 Å². The number of rotatable bonds is 6. The number of benzene rings is 2. The Morgan fingerprint density at radius 3 is 2.49 bits per heavy atom. The molecule has 0 fully saturated rings. The van der Waals surface area contributed by atoms with Crippen LogP contribution in [0.3, 0.4) is 0 Å². The summed E-state index contributed by atoms with van der Waals surface area (Å²) >= 11 is 0. The Hall–Kier alpha value is -4.48. The first-order valence-electron chi connectivity index (χ1n) is 15.3. The second-order valence-corrected chi connectivity index (χ2v) is 12.0. The molecule has 0 radical (unpaired) electrons. The molecule has 43 heavy (non-hydrogen) atoms. The van der Waals surface area contributed by atoms with Crippen molar-refractivity contribution in [1.82, 2.24) is 9.88 Å². The van der Waals surface area contributed by atoms with Crippen LogP contribution in [0.1, 0.15) is 69.8 Å². The van der Waals surface area contributed by atoms with Gasteiger partial charge in [0.05, 0.1) is 5.52 Å². The summed E-state index contributed by atoms with van der Waals surface area (Å²) in [6.45, 7) is 17.2. The van der Waals surface area contributed by atoms with Gasteiger partial charge in [-0.25, -0.2) is 0 Å². The highest BCUT2D eigenvalue weighted by atomic mass is 15.0. The maximum Gasteiger partial charge on any atom is 0.0538 e. The van der Waals surface area contributed by atoms with Crippen molar-refractivity contribution in [1.29, 1.82) is 0 Å². The van der Waals surface area contributed by atoms with Gasteiger partial charge in [0.25, 0.3) is 0 Å². The van der Waals surface area contributed by atoms with Crippen molar-refractivity contribution >= 4 is 22.6 Å². The zero-order chi connectivity index (χ0) is 31.0. The van der Waals surface area contributed by atoms with Crippen molar-refractivity contribution in [2.75, 3.05) is 7.05 Å². The van der Waals surface area contributed by atoms with Crippen LogP contribution in [0.4, 0.5) is 0 Å². The summed E-state index contributed by atoms with van der Waals surface area (Å²) in [5.74, 6) is 6.88.